The first kappa shape index (κ1) is 24.0. The first-order valence-electron chi connectivity index (χ1n) is 13.5. The molecular weight excluding hydrogens is 458 g/mol. The molecule has 5 aliphatic rings. The fraction of sp³-hybridized carbons (Fsp3) is 0.714. The van der Waals surface area contributed by atoms with Gasteiger partial charge >= 0.3 is 5.97 Å². The molecule has 1 aromatic carbocycles. The lowest BCUT2D eigenvalue weighted by atomic mass is 9.46. The number of piperidine rings is 1. The van der Waals surface area contributed by atoms with Gasteiger partial charge in [-0.15, -0.1) is 0 Å². The number of carbonyl (C=O) groups is 2. The average Bonchev–Trinajstić information content (AvgIpc) is 3.52. The molecule has 1 aromatic rings. The molecular formula is C28H39N3O5. The second-order valence-corrected chi connectivity index (χ2v) is 12.6. The second-order valence-electron chi connectivity index (χ2n) is 12.6. The summed E-state index contributed by atoms with van der Waals surface area (Å²) in [5.41, 5.74) is 0.801. The van der Waals surface area contributed by atoms with E-state index in [0.29, 0.717) is 5.75 Å². The quantitative estimate of drug-likeness (QED) is 0.519. The third kappa shape index (κ3) is 3.55. The molecule has 1 unspecified atom stereocenters. The lowest BCUT2D eigenvalue weighted by Gasteiger charge is -2.66. The van der Waals surface area contributed by atoms with Crippen molar-refractivity contribution in [2.75, 3.05) is 19.6 Å². The summed E-state index contributed by atoms with van der Waals surface area (Å²) in [5.74, 6) is 1.15. The Morgan fingerprint density at radius 3 is 2.69 bits per heavy atom. The lowest BCUT2D eigenvalue weighted by Crippen LogP contribution is -2.83. The zero-order valence-corrected chi connectivity index (χ0v) is 21.9. The molecule has 2 bridgehead atoms. The van der Waals surface area contributed by atoms with Crippen LogP contribution in [0.15, 0.2) is 12.1 Å². The van der Waals surface area contributed by atoms with Crippen LogP contribution in [0.4, 0.5) is 0 Å². The highest BCUT2D eigenvalue weighted by molar-refractivity contribution is 5.76. The Bertz CT molecular complexity index is 1100. The Labute approximate surface area is 213 Å². The van der Waals surface area contributed by atoms with E-state index in [4.69, 9.17) is 9.47 Å². The molecule has 5 atom stereocenters. The number of rotatable bonds is 6. The number of carbonyl (C=O) groups excluding carboxylic acids is 2. The summed E-state index contributed by atoms with van der Waals surface area (Å²) in [6.45, 7) is 9.32. The maximum atomic E-state index is 12.8. The number of phenolic OH excluding ortho intramolecular Hbond substituents is 1. The van der Waals surface area contributed by atoms with Gasteiger partial charge in [0.15, 0.2) is 11.5 Å². The van der Waals surface area contributed by atoms with Gasteiger partial charge in [0.1, 0.15) is 11.7 Å². The number of aromatic hydroxyl groups is 1. The highest BCUT2D eigenvalue weighted by Crippen LogP contribution is 2.65. The standard InChI is InChI=1S/C28H39N3O5/c1-16(32)30-28-10-9-19(29-14-22(34)36-26(2,3)4)25-27(28)11-12-31(15-17-5-6-17)21(28)13-18-7-8-20(33)24(35-25)23(18)27/h7-8,17,19,21,25,29,33H,5-6,9-15H2,1-4H3,(H,30,32)/t19-,21-,25?,27+,28-/m1/s1. The molecule has 6 rings (SSSR count). The SMILES string of the molecule is CC(=O)N[C@@]12CC[C@@H](NCC(=O)OC(C)(C)C)C3Oc4c(O)ccc5c4[C@@]31CCN(CC1CC1)[C@@H]2C5. The van der Waals surface area contributed by atoms with E-state index in [-0.39, 0.29) is 42.4 Å². The number of phenols is 1. The summed E-state index contributed by atoms with van der Waals surface area (Å²) in [6, 6.07) is 3.87. The summed E-state index contributed by atoms with van der Waals surface area (Å²) in [4.78, 5) is 27.9. The van der Waals surface area contributed by atoms with Gasteiger partial charge in [0.25, 0.3) is 0 Å². The Kier molecular flexibility index (Phi) is 5.40. The van der Waals surface area contributed by atoms with Crippen LogP contribution in [0.3, 0.4) is 0 Å². The number of amides is 1. The lowest BCUT2D eigenvalue weighted by molar-refractivity contribution is -0.154. The zero-order valence-electron chi connectivity index (χ0n) is 21.9. The van der Waals surface area contributed by atoms with Crippen LogP contribution in [0.5, 0.6) is 11.5 Å². The zero-order chi connectivity index (χ0) is 25.5. The van der Waals surface area contributed by atoms with Crippen LogP contribution in [-0.4, -0.2) is 70.8 Å². The minimum Gasteiger partial charge on any atom is -0.504 e. The molecule has 1 saturated heterocycles. The Morgan fingerprint density at radius 1 is 1.22 bits per heavy atom. The number of benzene rings is 1. The van der Waals surface area contributed by atoms with Crippen LogP contribution in [0.2, 0.25) is 0 Å². The van der Waals surface area contributed by atoms with Crippen LogP contribution in [0.1, 0.15) is 70.9 Å². The van der Waals surface area contributed by atoms with E-state index >= 15 is 0 Å². The van der Waals surface area contributed by atoms with E-state index in [0.717, 1.165) is 50.3 Å². The van der Waals surface area contributed by atoms with Gasteiger partial charge in [0.2, 0.25) is 5.91 Å². The number of nitrogens with zero attached hydrogens (tertiary/aromatic N) is 1. The predicted octanol–water partition coefficient (Wildman–Crippen LogP) is 2.40. The third-order valence-corrected chi connectivity index (χ3v) is 9.14. The van der Waals surface area contributed by atoms with Crippen molar-refractivity contribution >= 4 is 11.9 Å². The number of likely N-dealkylation sites (tertiary alicyclic amines) is 1. The first-order valence-corrected chi connectivity index (χ1v) is 13.5. The van der Waals surface area contributed by atoms with Crippen molar-refractivity contribution in [1.29, 1.82) is 0 Å². The van der Waals surface area contributed by atoms with Gasteiger partial charge in [-0.2, -0.15) is 0 Å². The van der Waals surface area contributed by atoms with E-state index in [2.05, 4.69) is 15.5 Å². The Hall–Kier alpha value is -2.32. The normalized spacial score (nSPS) is 34.5. The second kappa shape index (κ2) is 8.09. The fourth-order valence-corrected chi connectivity index (χ4v) is 7.90. The third-order valence-electron chi connectivity index (χ3n) is 9.14. The van der Waals surface area contributed by atoms with Gasteiger partial charge < -0.3 is 25.2 Å². The van der Waals surface area contributed by atoms with Crippen LogP contribution in [-0.2, 0) is 26.2 Å². The van der Waals surface area contributed by atoms with Gasteiger partial charge in [-0.1, -0.05) is 6.07 Å². The van der Waals surface area contributed by atoms with Gasteiger partial charge in [0, 0.05) is 31.1 Å². The molecule has 1 spiro atoms. The van der Waals surface area contributed by atoms with Crippen molar-refractivity contribution in [3.8, 4) is 11.5 Å². The van der Waals surface area contributed by atoms with Gasteiger partial charge in [-0.25, -0.2) is 0 Å². The van der Waals surface area contributed by atoms with Crippen molar-refractivity contribution in [2.45, 2.75) is 101 Å². The number of hydrogen-bond donors (Lipinski definition) is 3. The summed E-state index contributed by atoms with van der Waals surface area (Å²) >= 11 is 0. The van der Waals surface area contributed by atoms with Crippen LogP contribution in [0.25, 0.3) is 0 Å². The molecule has 2 heterocycles. The van der Waals surface area contributed by atoms with E-state index in [9.17, 15) is 14.7 Å². The maximum Gasteiger partial charge on any atom is 0.320 e. The fourth-order valence-electron chi connectivity index (χ4n) is 7.90. The van der Waals surface area contributed by atoms with Crippen molar-refractivity contribution in [2.24, 2.45) is 5.92 Å². The molecule has 8 heteroatoms. The summed E-state index contributed by atoms with van der Waals surface area (Å²) in [5, 5.41) is 17.8. The van der Waals surface area contributed by atoms with Crippen molar-refractivity contribution in [1.82, 2.24) is 15.5 Å². The molecule has 1 amide bonds. The maximum absolute atomic E-state index is 12.8. The van der Waals surface area contributed by atoms with Crippen molar-refractivity contribution in [3.63, 3.8) is 0 Å². The van der Waals surface area contributed by atoms with E-state index in [1.54, 1.807) is 13.0 Å². The molecule has 8 nitrogen and oxygen atoms in total. The van der Waals surface area contributed by atoms with Gasteiger partial charge in [0.05, 0.1) is 17.5 Å². The molecule has 2 saturated carbocycles. The van der Waals surface area contributed by atoms with Gasteiger partial charge in [-0.3, -0.25) is 14.5 Å². The minimum atomic E-state index is -0.545. The highest BCUT2D eigenvalue weighted by Gasteiger charge is 2.73. The monoisotopic (exact) mass is 497 g/mol. The Morgan fingerprint density at radius 2 is 2.00 bits per heavy atom. The molecule has 196 valence electrons. The van der Waals surface area contributed by atoms with Crippen molar-refractivity contribution < 1.29 is 24.2 Å². The van der Waals surface area contributed by atoms with Crippen molar-refractivity contribution in [3.05, 3.63) is 23.3 Å². The number of nitrogens with one attached hydrogen (secondary N) is 2. The van der Waals surface area contributed by atoms with Gasteiger partial charge in [-0.05, 0) is 83.4 Å². The van der Waals surface area contributed by atoms with Crippen LogP contribution < -0.4 is 15.4 Å². The molecule has 0 aromatic heterocycles. The smallest absolute Gasteiger partial charge is 0.320 e. The van der Waals surface area contributed by atoms with Crippen LogP contribution in [0, 0.1) is 5.92 Å². The first-order chi connectivity index (χ1) is 17.0. The molecule has 0 radical (unpaired) electrons. The molecule has 2 aliphatic heterocycles. The summed E-state index contributed by atoms with van der Waals surface area (Å²) < 4.78 is 12.2. The largest absolute Gasteiger partial charge is 0.504 e. The number of ether oxygens (including phenoxy) is 2. The van der Waals surface area contributed by atoms with E-state index < -0.39 is 16.6 Å². The highest BCUT2D eigenvalue weighted by atomic mass is 16.6. The topological polar surface area (TPSA) is 100 Å². The number of esters is 1. The Balaban J connectivity index is 1.41. The minimum absolute atomic E-state index is 0.0244. The van der Waals surface area contributed by atoms with E-state index in [1.807, 2.05) is 26.8 Å². The number of hydrogen-bond acceptors (Lipinski definition) is 7. The average molecular weight is 498 g/mol. The molecule has 36 heavy (non-hydrogen) atoms. The predicted molar refractivity (Wildman–Crippen MR) is 134 cm³/mol. The molecule has 3 fully saturated rings. The summed E-state index contributed by atoms with van der Waals surface area (Å²) in [7, 11) is 0. The summed E-state index contributed by atoms with van der Waals surface area (Å²) in [6.07, 6.45) is 5.51. The van der Waals surface area contributed by atoms with E-state index in [1.165, 1.54) is 18.4 Å². The molecule has 3 N–H and O–H groups in total. The van der Waals surface area contributed by atoms with Crippen LogP contribution >= 0.6 is 0 Å². The molecule has 3 aliphatic carbocycles.